The first-order valence-corrected chi connectivity index (χ1v) is 6.89. The zero-order chi connectivity index (χ0) is 13.8. The van der Waals surface area contributed by atoms with E-state index in [9.17, 15) is 8.78 Å². The van der Waals surface area contributed by atoms with E-state index in [-0.39, 0.29) is 17.7 Å². The summed E-state index contributed by atoms with van der Waals surface area (Å²) in [5.41, 5.74) is 0.146. The second-order valence-corrected chi connectivity index (χ2v) is 5.06. The van der Waals surface area contributed by atoms with Crippen molar-refractivity contribution in [3.05, 3.63) is 35.4 Å². The topological polar surface area (TPSA) is 21.3 Å². The van der Waals surface area contributed by atoms with Crippen molar-refractivity contribution in [1.82, 2.24) is 5.32 Å². The van der Waals surface area contributed by atoms with Gasteiger partial charge < -0.3 is 10.1 Å². The van der Waals surface area contributed by atoms with Crippen LogP contribution in [-0.2, 0) is 11.2 Å². The standard InChI is InChI=1S/C15H21F2NO/c1-3-19-15(10-7-8-10)14(18-2)9-11-12(16)5-4-6-13(11)17/h4-6,10,14-15,18H,3,7-9H2,1-2H3. The molecule has 0 heterocycles. The molecule has 4 heteroatoms. The Balaban J connectivity index is 2.13. The number of hydrogen-bond donors (Lipinski definition) is 1. The lowest BCUT2D eigenvalue weighted by Gasteiger charge is -2.27. The molecule has 0 bridgehead atoms. The van der Waals surface area contributed by atoms with Gasteiger partial charge in [0.05, 0.1) is 6.10 Å². The third-order valence-electron chi connectivity index (χ3n) is 3.70. The summed E-state index contributed by atoms with van der Waals surface area (Å²) in [5.74, 6) is -0.440. The van der Waals surface area contributed by atoms with Gasteiger partial charge in [0.2, 0.25) is 0 Å². The highest BCUT2D eigenvalue weighted by molar-refractivity contribution is 5.21. The van der Waals surface area contributed by atoms with Crippen LogP contribution in [0, 0.1) is 17.6 Å². The number of rotatable bonds is 7. The van der Waals surface area contributed by atoms with Crippen LogP contribution >= 0.6 is 0 Å². The molecular weight excluding hydrogens is 248 g/mol. The molecule has 106 valence electrons. The Labute approximate surface area is 113 Å². The summed E-state index contributed by atoms with van der Waals surface area (Å²) in [6, 6.07) is 3.94. The maximum atomic E-state index is 13.7. The van der Waals surface area contributed by atoms with Crippen LogP contribution in [0.3, 0.4) is 0 Å². The predicted molar refractivity (Wildman–Crippen MR) is 71.0 cm³/mol. The maximum Gasteiger partial charge on any atom is 0.129 e. The summed E-state index contributed by atoms with van der Waals surface area (Å²) in [6.07, 6.45) is 2.63. The largest absolute Gasteiger partial charge is 0.377 e. The van der Waals surface area contributed by atoms with E-state index in [1.54, 1.807) is 0 Å². The molecule has 1 aromatic rings. The first-order valence-electron chi connectivity index (χ1n) is 6.89. The Morgan fingerprint density at radius 1 is 1.32 bits per heavy atom. The number of nitrogens with one attached hydrogen (secondary N) is 1. The third-order valence-corrected chi connectivity index (χ3v) is 3.70. The molecule has 1 aliphatic carbocycles. The molecule has 0 spiro atoms. The molecule has 1 aromatic carbocycles. The van der Waals surface area contributed by atoms with Crippen LogP contribution in [0.5, 0.6) is 0 Å². The molecule has 1 aliphatic rings. The molecule has 1 saturated carbocycles. The zero-order valence-electron chi connectivity index (χ0n) is 11.5. The molecule has 0 amide bonds. The highest BCUT2D eigenvalue weighted by atomic mass is 19.1. The molecule has 0 radical (unpaired) electrons. The van der Waals surface area contributed by atoms with Crippen LogP contribution in [0.1, 0.15) is 25.3 Å². The van der Waals surface area contributed by atoms with E-state index in [4.69, 9.17) is 4.74 Å². The summed E-state index contributed by atoms with van der Waals surface area (Å²) in [7, 11) is 1.82. The van der Waals surface area contributed by atoms with E-state index in [0.29, 0.717) is 18.9 Å². The molecule has 2 nitrogen and oxygen atoms in total. The van der Waals surface area contributed by atoms with Gasteiger partial charge in [-0.15, -0.1) is 0 Å². The van der Waals surface area contributed by atoms with Crippen LogP contribution in [0.4, 0.5) is 8.78 Å². The second-order valence-electron chi connectivity index (χ2n) is 5.06. The van der Waals surface area contributed by atoms with Crippen molar-refractivity contribution in [2.24, 2.45) is 5.92 Å². The Kier molecular flexibility index (Phi) is 4.88. The van der Waals surface area contributed by atoms with Gasteiger partial charge in [-0.3, -0.25) is 0 Å². The molecule has 1 fully saturated rings. The molecular formula is C15H21F2NO. The predicted octanol–water partition coefficient (Wildman–Crippen LogP) is 2.91. The van der Waals surface area contributed by atoms with E-state index in [1.165, 1.54) is 18.2 Å². The summed E-state index contributed by atoms with van der Waals surface area (Å²) in [6.45, 7) is 2.57. The number of benzene rings is 1. The van der Waals surface area contributed by atoms with Gasteiger partial charge >= 0.3 is 0 Å². The van der Waals surface area contributed by atoms with Gasteiger partial charge in [0, 0.05) is 18.2 Å². The monoisotopic (exact) mass is 269 g/mol. The lowest BCUT2D eigenvalue weighted by atomic mass is 9.97. The first kappa shape index (κ1) is 14.4. The maximum absolute atomic E-state index is 13.7. The fourth-order valence-corrected chi connectivity index (χ4v) is 2.53. The lowest BCUT2D eigenvalue weighted by molar-refractivity contribution is 0.0207. The van der Waals surface area contributed by atoms with Crippen LogP contribution in [0.15, 0.2) is 18.2 Å². The van der Waals surface area contributed by atoms with Crippen LogP contribution < -0.4 is 5.32 Å². The molecule has 2 unspecified atom stereocenters. The van der Waals surface area contributed by atoms with Crippen LogP contribution in [0.25, 0.3) is 0 Å². The van der Waals surface area contributed by atoms with Crippen molar-refractivity contribution >= 4 is 0 Å². The minimum Gasteiger partial charge on any atom is -0.377 e. The van der Waals surface area contributed by atoms with Crippen LogP contribution in [-0.4, -0.2) is 25.8 Å². The smallest absolute Gasteiger partial charge is 0.129 e. The molecule has 0 saturated heterocycles. The average molecular weight is 269 g/mol. The molecule has 2 rings (SSSR count). The van der Waals surface area contributed by atoms with Crippen molar-refractivity contribution in [1.29, 1.82) is 0 Å². The van der Waals surface area contributed by atoms with Crippen molar-refractivity contribution in [2.45, 2.75) is 38.3 Å². The third kappa shape index (κ3) is 3.51. The summed E-state index contributed by atoms with van der Waals surface area (Å²) >= 11 is 0. The normalized spacial score (nSPS) is 18.3. The summed E-state index contributed by atoms with van der Waals surface area (Å²) in [4.78, 5) is 0. The van der Waals surface area contributed by atoms with E-state index in [2.05, 4.69) is 5.32 Å². The van der Waals surface area contributed by atoms with Gasteiger partial charge in [0.1, 0.15) is 11.6 Å². The van der Waals surface area contributed by atoms with E-state index in [0.717, 1.165) is 12.8 Å². The van der Waals surface area contributed by atoms with Crippen molar-refractivity contribution in [3.63, 3.8) is 0 Å². The fraction of sp³-hybridized carbons (Fsp3) is 0.600. The molecule has 19 heavy (non-hydrogen) atoms. The zero-order valence-corrected chi connectivity index (χ0v) is 11.5. The van der Waals surface area contributed by atoms with Gasteiger partial charge in [0.25, 0.3) is 0 Å². The summed E-state index contributed by atoms with van der Waals surface area (Å²) in [5, 5.41) is 3.15. The Morgan fingerprint density at radius 2 is 1.95 bits per heavy atom. The molecule has 0 aliphatic heterocycles. The lowest BCUT2D eigenvalue weighted by Crippen LogP contribution is -2.43. The van der Waals surface area contributed by atoms with E-state index >= 15 is 0 Å². The highest BCUT2D eigenvalue weighted by Crippen LogP contribution is 2.36. The van der Waals surface area contributed by atoms with E-state index < -0.39 is 11.6 Å². The van der Waals surface area contributed by atoms with Gasteiger partial charge in [-0.25, -0.2) is 8.78 Å². The SMILES string of the molecule is CCOC(C1CC1)C(Cc1c(F)cccc1F)NC. The quantitative estimate of drug-likeness (QED) is 0.822. The van der Waals surface area contributed by atoms with Gasteiger partial charge in [-0.1, -0.05) is 6.07 Å². The Morgan fingerprint density at radius 3 is 2.42 bits per heavy atom. The number of ether oxygens (including phenoxy) is 1. The average Bonchev–Trinajstić information content (AvgIpc) is 3.21. The second kappa shape index (κ2) is 6.44. The Hall–Kier alpha value is -1.00. The van der Waals surface area contributed by atoms with Crippen molar-refractivity contribution < 1.29 is 13.5 Å². The number of halogens is 2. The Bertz CT molecular complexity index is 400. The molecule has 0 aromatic heterocycles. The van der Waals surface area contributed by atoms with Crippen molar-refractivity contribution in [3.8, 4) is 0 Å². The number of hydrogen-bond acceptors (Lipinski definition) is 2. The van der Waals surface area contributed by atoms with Gasteiger partial charge in [-0.05, 0) is 51.3 Å². The van der Waals surface area contributed by atoms with Crippen molar-refractivity contribution in [2.75, 3.05) is 13.7 Å². The van der Waals surface area contributed by atoms with E-state index in [1.807, 2.05) is 14.0 Å². The molecule has 1 N–H and O–H groups in total. The molecule has 2 atom stereocenters. The summed E-state index contributed by atoms with van der Waals surface area (Å²) < 4.78 is 33.2. The minimum absolute atomic E-state index is 0.0361. The minimum atomic E-state index is -0.480. The fourth-order valence-electron chi connectivity index (χ4n) is 2.53. The van der Waals surface area contributed by atoms with Gasteiger partial charge in [0.15, 0.2) is 0 Å². The number of likely N-dealkylation sites (N-methyl/N-ethyl adjacent to an activating group) is 1. The first-order chi connectivity index (χ1) is 9.17. The highest BCUT2D eigenvalue weighted by Gasteiger charge is 2.37. The van der Waals surface area contributed by atoms with Gasteiger partial charge in [-0.2, -0.15) is 0 Å². The van der Waals surface area contributed by atoms with Crippen LogP contribution in [0.2, 0.25) is 0 Å².